The second-order valence-corrected chi connectivity index (χ2v) is 2.81. The van der Waals surface area contributed by atoms with E-state index in [4.69, 9.17) is 5.11 Å². The van der Waals surface area contributed by atoms with Gasteiger partial charge in [0.2, 0.25) is 0 Å². The van der Waals surface area contributed by atoms with Gasteiger partial charge in [0.15, 0.2) is 0 Å². The van der Waals surface area contributed by atoms with Crippen LogP contribution >= 0.6 is 0 Å². The predicted octanol–water partition coefficient (Wildman–Crippen LogP) is 1.86. The molecule has 0 atom stereocenters. The Morgan fingerprint density at radius 2 is 2.23 bits per heavy atom. The summed E-state index contributed by atoms with van der Waals surface area (Å²) < 4.78 is 26.4. The summed E-state index contributed by atoms with van der Waals surface area (Å²) >= 11 is 0. The van der Waals surface area contributed by atoms with Gasteiger partial charge in [-0.25, -0.2) is 8.78 Å². The molecule has 0 saturated carbocycles. The Labute approximate surface area is 75.2 Å². The number of rotatable bonds is 3. The zero-order chi connectivity index (χ0) is 9.90. The van der Waals surface area contributed by atoms with Crippen molar-refractivity contribution in [3.05, 3.63) is 29.6 Å². The summed E-state index contributed by atoms with van der Waals surface area (Å²) in [7, 11) is 0. The van der Waals surface area contributed by atoms with Crippen molar-refractivity contribution in [1.29, 1.82) is 0 Å². The van der Waals surface area contributed by atoms with Crippen molar-refractivity contribution in [2.75, 3.05) is 6.61 Å². The molecule has 1 aromatic rings. The van der Waals surface area contributed by atoms with Crippen molar-refractivity contribution >= 4 is 0 Å². The highest BCUT2D eigenvalue weighted by Crippen LogP contribution is 2.32. The second kappa shape index (κ2) is 3.79. The van der Waals surface area contributed by atoms with Gasteiger partial charge < -0.3 is 5.11 Å². The molecule has 1 heterocycles. The van der Waals surface area contributed by atoms with Gasteiger partial charge in [-0.15, -0.1) is 0 Å². The molecule has 0 radical (unpaired) electrons. The molecule has 1 aromatic heterocycles. The van der Waals surface area contributed by atoms with Crippen molar-refractivity contribution < 1.29 is 13.9 Å². The molecule has 0 aliphatic carbocycles. The lowest BCUT2D eigenvalue weighted by Gasteiger charge is -2.16. The van der Waals surface area contributed by atoms with E-state index in [1.807, 2.05) is 0 Å². The number of hydrogen-bond donors (Lipinski definition) is 1. The van der Waals surface area contributed by atoms with Crippen molar-refractivity contribution in [2.45, 2.75) is 19.3 Å². The Balaban J connectivity index is 2.99. The van der Waals surface area contributed by atoms with Gasteiger partial charge in [0.25, 0.3) is 5.92 Å². The van der Waals surface area contributed by atoms with Gasteiger partial charge in [-0.1, -0.05) is 0 Å². The molecule has 13 heavy (non-hydrogen) atoms. The van der Waals surface area contributed by atoms with Gasteiger partial charge in [0.1, 0.15) is 0 Å². The highest BCUT2D eigenvalue weighted by Gasteiger charge is 2.32. The molecular weight excluding hydrogens is 176 g/mol. The molecule has 0 aliphatic heterocycles. The predicted molar refractivity (Wildman–Crippen MR) is 44.6 cm³/mol. The molecule has 4 heteroatoms. The van der Waals surface area contributed by atoms with Crippen LogP contribution in [-0.2, 0) is 5.92 Å². The molecule has 0 amide bonds. The summed E-state index contributed by atoms with van der Waals surface area (Å²) in [6, 6.07) is 2.80. The minimum atomic E-state index is -2.98. The summed E-state index contributed by atoms with van der Waals surface area (Å²) in [6.45, 7) is 1.00. The first-order valence-corrected chi connectivity index (χ1v) is 3.98. The van der Waals surface area contributed by atoms with Gasteiger partial charge in [0.05, 0.1) is 0 Å². The zero-order valence-corrected chi connectivity index (χ0v) is 7.30. The van der Waals surface area contributed by atoms with Gasteiger partial charge >= 0.3 is 0 Å². The summed E-state index contributed by atoms with van der Waals surface area (Å²) in [4.78, 5) is 3.77. The topological polar surface area (TPSA) is 33.1 Å². The molecular formula is C9H11F2NO. The summed E-state index contributed by atoms with van der Waals surface area (Å²) in [6.07, 6.45) is 0.910. The Morgan fingerprint density at radius 3 is 2.77 bits per heavy atom. The Morgan fingerprint density at radius 1 is 1.54 bits per heavy atom. The minimum Gasteiger partial charge on any atom is -0.396 e. The second-order valence-electron chi connectivity index (χ2n) is 2.81. The maximum absolute atomic E-state index is 13.2. The number of aromatic nitrogens is 1. The van der Waals surface area contributed by atoms with Crippen LogP contribution in [0.3, 0.4) is 0 Å². The number of aliphatic hydroxyl groups is 1. The average Bonchev–Trinajstić information content (AvgIpc) is 2.04. The van der Waals surface area contributed by atoms with Crippen molar-refractivity contribution in [3.8, 4) is 0 Å². The van der Waals surface area contributed by atoms with Crippen LogP contribution in [0, 0.1) is 6.92 Å². The van der Waals surface area contributed by atoms with Crippen LogP contribution in [0.5, 0.6) is 0 Å². The zero-order valence-electron chi connectivity index (χ0n) is 7.30. The SMILES string of the molecule is Cc1ncccc1C(F)(F)CCO. The van der Waals surface area contributed by atoms with E-state index in [9.17, 15) is 8.78 Å². The molecule has 0 fully saturated rings. The first kappa shape index (κ1) is 10.1. The lowest BCUT2D eigenvalue weighted by Crippen LogP contribution is -2.17. The third-order valence-corrected chi connectivity index (χ3v) is 1.83. The molecule has 0 saturated heterocycles. The molecule has 0 aliphatic rings. The van der Waals surface area contributed by atoms with Crippen LogP contribution in [0.15, 0.2) is 18.3 Å². The van der Waals surface area contributed by atoms with E-state index in [0.29, 0.717) is 5.69 Å². The highest BCUT2D eigenvalue weighted by atomic mass is 19.3. The van der Waals surface area contributed by atoms with E-state index in [2.05, 4.69) is 4.98 Å². The fourth-order valence-corrected chi connectivity index (χ4v) is 1.15. The maximum atomic E-state index is 13.2. The smallest absolute Gasteiger partial charge is 0.277 e. The number of alkyl halides is 2. The molecule has 0 aromatic carbocycles. The monoisotopic (exact) mass is 187 g/mol. The summed E-state index contributed by atoms with van der Waals surface area (Å²) in [5.41, 5.74) is 0.199. The fourth-order valence-electron chi connectivity index (χ4n) is 1.15. The van der Waals surface area contributed by atoms with E-state index in [1.165, 1.54) is 25.3 Å². The first-order chi connectivity index (χ1) is 6.08. The van der Waals surface area contributed by atoms with Gasteiger partial charge in [-0.05, 0) is 19.1 Å². The van der Waals surface area contributed by atoms with Crippen molar-refractivity contribution in [2.24, 2.45) is 0 Å². The van der Waals surface area contributed by atoms with Crippen molar-refractivity contribution in [1.82, 2.24) is 4.98 Å². The van der Waals surface area contributed by atoms with E-state index in [1.54, 1.807) is 0 Å². The van der Waals surface area contributed by atoms with Crippen LogP contribution in [0.4, 0.5) is 8.78 Å². The average molecular weight is 187 g/mol. The first-order valence-electron chi connectivity index (χ1n) is 3.98. The van der Waals surface area contributed by atoms with Crippen LogP contribution in [0.2, 0.25) is 0 Å². The molecule has 0 unspecified atom stereocenters. The fraction of sp³-hybridized carbons (Fsp3) is 0.444. The Kier molecular flexibility index (Phi) is 2.93. The van der Waals surface area contributed by atoms with Crippen molar-refractivity contribution in [3.63, 3.8) is 0 Å². The maximum Gasteiger partial charge on any atom is 0.277 e. The minimum absolute atomic E-state index is 0.107. The molecule has 0 spiro atoms. The largest absolute Gasteiger partial charge is 0.396 e. The number of aryl methyl sites for hydroxylation is 1. The van der Waals surface area contributed by atoms with Crippen LogP contribution in [0.1, 0.15) is 17.7 Å². The van der Waals surface area contributed by atoms with E-state index >= 15 is 0 Å². The summed E-state index contributed by atoms with van der Waals surface area (Å²) in [5.74, 6) is -2.98. The van der Waals surface area contributed by atoms with Crippen LogP contribution in [0.25, 0.3) is 0 Å². The highest BCUT2D eigenvalue weighted by molar-refractivity contribution is 5.23. The van der Waals surface area contributed by atoms with Crippen LogP contribution in [-0.4, -0.2) is 16.7 Å². The number of nitrogens with zero attached hydrogens (tertiary/aromatic N) is 1. The molecule has 1 rings (SSSR count). The standard InChI is InChI=1S/C9H11F2NO/c1-7-8(3-2-5-12-7)9(10,11)4-6-13/h2-3,5,13H,4,6H2,1H3. The molecule has 1 N–H and O–H groups in total. The van der Waals surface area contributed by atoms with E-state index in [0.717, 1.165) is 0 Å². The van der Waals surface area contributed by atoms with Crippen LogP contribution < -0.4 is 0 Å². The normalized spacial score (nSPS) is 11.7. The summed E-state index contributed by atoms with van der Waals surface area (Å²) in [5, 5.41) is 8.45. The van der Waals surface area contributed by atoms with Gasteiger partial charge in [-0.3, -0.25) is 4.98 Å². The number of pyridine rings is 1. The van der Waals surface area contributed by atoms with Gasteiger partial charge in [0, 0.05) is 30.5 Å². The molecule has 2 nitrogen and oxygen atoms in total. The quantitative estimate of drug-likeness (QED) is 0.783. The molecule has 0 bridgehead atoms. The third-order valence-electron chi connectivity index (χ3n) is 1.83. The Hall–Kier alpha value is -1.03. The number of halogens is 2. The number of aliphatic hydroxyl groups excluding tert-OH is 1. The van der Waals surface area contributed by atoms with Gasteiger partial charge in [-0.2, -0.15) is 0 Å². The number of hydrogen-bond acceptors (Lipinski definition) is 2. The lowest BCUT2D eigenvalue weighted by atomic mass is 10.1. The van der Waals surface area contributed by atoms with E-state index < -0.39 is 19.0 Å². The lowest BCUT2D eigenvalue weighted by molar-refractivity contribution is -0.0278. The Bertz CT molecular complexity index is 289. The molecule has 72 valence electrons. The third kappa shape index (κ3) is 2.21. The van der Waals surface area contributed by atoms with E-state index in [-0.39, 0.29) is 5.56 Å².